The molecule has 4 heterocycles. The highest BCUT2D eigenvalue weighted by Gasteiger charge is 2.39. The second-order valence-electron chi connectivity index (χ2n) is 6.83. The fourth-order valence-corrected chi connectivity index (χ4v) is 4.04. The maximum Gasteiger partial charge on any atom is 0.145 e. The molecular weight excluding hydrogens is 316 g/mol. The number of fused-ring (bicyclic) bond motifs is 3. The first-order valence-electron chi connectivity index (χ1n) is 8.63. The van der Waals surface area contributed by atoms with Crippen LogP contribution in [-0.4, -0.2) is 45.1 Å². The van der Waals surface area contributed by atoms with Gasteiger partial charge >= 0.3 is 0 Å². The molecule has 2 N–H and O–H groups in total. The van der Waals surface area contributed by atoms with Crippen LogP contribution in [0.4, 0.5) is 5.82 Å². The molecule has 5 rings (SSSR count). The van der Waals surface area contributed by atoms with Gasteiger partial charge in [0.1, 0.15) is 22.9 Å². The minimum atomic E-state index is 0.440. The Morgan fingerprint density at radius 1 is 1.28 bits per heavy atom. The molecule has 1 aliphatic carbocycles. The Morgan fingerprint density at radius 2 is 2.24 bits per heavy atom. The highest BCUT2D eigenvalue weighted by molar-refractivity contribution is 5.61. The summed E-state index contributed by atoms with van der Waals surface area (Å²) in [5, 5.41) is 7.12. The SMILES string of the molecule is COc1ccn2c(-c3cncc(N[C@@H]4C[C@H]5CN[C@@H]4C5)n3)cnc2c1. The molecule has 2 fully saturated rings. The summed E-state index contributed by atoms with van der Waals surface area (Å²) in [6.45, 7) is 1.15. The van der Waals surface area contributed by atoms with Crippen LogP contribution in [0.1, 0.15) is 12.8 Å². The first kappa shape index (κ1) is 14.7. The van der Waals surface area contributed by atoms with Crippen LogP contribution < -0.4 is 15.4 Å². The van der Waals surface area contributed by atoms with Crippen molar-refractivity contribution < 1.29 is 4.74 Å². The van der Waals surface area contributed by atoms with Crippen LogP contribution in [0.2, 0.25) is 0 Å². The van der Waals surface area contributed by atoms with Gasteiger partial charge in [-0.2, -0.15) is 0 Å². The molecule has 7 heteroatoms. The molecule has 3 aromatic heterocycles. The zero-order chi connectivity index (χ0) is 16.8. The molecule has 25 heavy (non-hydrogen) atoms. The third kappa shape index (κ3) is 2.51. The lowest BCUT2D eigenvalue weighted by atomic mass is 10.1. The predicted octanol–water partition coefficient (Wildman–Crippen LogP) is 1.96. The number of piperidine rings is 1. The molecule has 2 aliphatic rings. The Hall–Kier alpha value is -2.67. The van der Waals surface area contributed by atoms with E-state index in [2.05, 4.69) is 20.6 Å². The van der Waals surface area contributed by atoms with Crippen LogP contribution in [-0.2, 0) is 0 Å². The van der Waals surface area contributed by atoms with Gasteiger partial charge in [-0.1, -0.05) is 0 Å². The number of hydrogen-bond acceptors (Lipinski definition) is 6. The van der Waals surface area contributed by atoms with Crippen molar-refractivity contribution in [2.45, 2.75) is 24.9 Å². The zero-order valence-corrected chi connectivity index (χ0v) is 14.0. The van der Waals surface area contributed by atoms with E-state index >= 15 is 0 Å². The summed E-state index contributed by atoms with van der Waals surface area (Å²) in [7, 11) is 1.65. The van der Waals surface area contributed by atoms with Crippen molar-refractivity contribution in [1.29, 1.82) is 0 Å². The topological polar surface area (TPSA) is 76.4 Å². The Kier molecular flexibility index (Phi) is 3.34. The van der Waals surface area contributed by atoms with E-state index in [1.807, 2.05) is 28.9 Å². The molecule has 2 bridgehead atoms. The second-order valence-corrected chi connectivity index (χ2v) is 6.83. The zero-order valence-electron chi connectivity index (χ0n) is 14.0. The summed E-state index contributed by atoms with van der Waals surface area (Å²) in [6, 6.07) is 4.81. The number of aromatic nitrogens is 4. The van der Waals surface area contributed by atoms with Crippen LogP contribution in [0.15, 0.2) is 36.9 Å². The van der Waals surface area contributed by atoms with E-state index in [0.29, 0.717) is 12.1 Å². The van der Waals surface area contributed by atoms with Gasteiger partial charge in [0.05, 0.1) is 31.4 Å². The van der Waals surface area contributed by atoms with Gasteiger partial charge in [0, 0.05) is 24.3 Å². The van der Waals surface area contributed by atoms with E-state index in [-0.39, 0.29) is 0 Å². The van der Waals surface area contributed by atoms with Gasteiger partial charge in [0.25, 0.3) is 0 Å². The van der Waals surface area contributed by atoms with E-state index in [0.717, 1.165) is 41.1 Å². The number of nitrogens with zero attached hydrogens (tertiary/aromatic N) is 4. The van der Waals surface area contributed by atoms with Gasteiger partial charge in [-0.15, -0.1) is 0 Å². The van der Waals surface area contributed by atoms with E-state index < -0.39 is 0 Å². The van der Waals surface area contributed by atoms with Crippen LogP contribution in [0, 0.1) is 5.92 Å². The van der Waals surface area contributed by atoms with Crippen molar-refractivity contribution in [2.24, 2.45) is 5.92 Å². The van der Waals surface area contributed by atoms with Crippen LogP contribution >= 0.6 is 0 Å². The molecule has 1 saturated heterocycles. The van der Waals surface area contributed by atoms with E-state index in [1.54, 1.807) is 19.5 Å². The van der Waals surface area contributed by atoms with Gasteiger partial charge in [0.2, 0.25) is 0 Å². The lowest BCUT2D eigenvalue weighted by molar-refractivity contribution is 0.414. The van der Waals surface area contributed by atoms with Crippen molar-refractivity contribution in [1.82, 2.24) is 24.7 Å². The fourth-order valence-electron chi connectivity index (χ4n) is 4.04. The standard InChI is InChI=1S/C18H20N6O/c1-25-12-2-3-24-16(9-21-18(24)6-12)15-8-19-10-17(23-15)22-14-5-11-4-13(14)20-7-11/h2-3,6,8-11,13-14,20H,4-5,7H2,1H3,(H,22,23)/t11-,13+,14+/m0/s1. The predicted molar refractivity (Wildman–Crippen MR) is 94.7 cm³/mol. The van der Waals surface area contributed by atoms with E-state index in [9.17, 15) is 0 Å². The third-order valence-electron chi connectivity index (χ3n) is 5.28. The molecule has 0 amide bonds. The average Bonchev–Trinajstić information content (AvgIpc) is 3.36. The number of imidazole rings is 1. The van der Waals surface area contributed by atoms with Gasteiger partial charge in [-0.25, -0.2) is 9.97 Å². The number of methoxy groups -OCH3 is 1. The molecule has 0 aromatic carbocycles. The lowest BCUT2D eigenvalue weighted by Gasteiger charge is -2.24. The largest absolute Gasteiger partial charge is 0.497 e. The molecule has 1 saturated carbocycles. The summed E-state index contributed by atoms with van der Waals surface area (Å²) < 4.78 is 7.25. The van der Waals surface area contributed by atoms with E-state index in [4.69, 9.17) is 9.72 Å². The highest BCUT2D eigenvalue weighted by atomic mass is 16.5. The Labute approximate surface area is 145 Å². The number of anilines is 1. The van der Waals surface area contributed by atoms with Crippen molar-refractivity contribution in [3.63, 3.8) is 0 Å². The summed E-state index contributed by atoms with van der Waals surface area (Å²) in [5.74, 6) is 2.41. The quantitative estimate of drug-likeness (QED) is 0.758. The van der Waals surface area contributed by atoms with E-state index in [1.165, 1.54) is 12.8 Å². The summed E-state index contributed by atoms with van der Waals surface area (Å²) in [4.78, 5) is 13.6. The molecule has 0 spiro atoms. The molecule has 1 aliphatic heterocycles. The fraction of sp³-hybridized carbons (Fsp3) is 0.389. The van der Waals surface area contributed by atoms with Gasteiger partial charge < -0.3 is 15.4 Å². The molecular formula is C18H20N6O. The molecule has 3 aromatic rings. The van der Waals surface area contributed by atoms with Gasteiger partial charge in [0.15, 0.2) is 0 Å². The second kappa shape index (κ2) is 5.70. The van der Waals surface area contributed by atoms with Crippen molar-refractivity contribution in [3.8, 4) is 17.1 Å². The summed E-state index contributed by atoms with van der Waals surface area (Å²) in [5.41, 5.74) is 2.55. The molecule has 7 nitrogen and oxygen atoms in total. The monoisotopic (exact) mass is 336 g/mol. The smallest absolute Gasteiger partial charge is 0.145 e. The number of ether oxygens (including phenoxy) is 1. The van der Waals surface area contributed by atoms with Crippen LogP contribution in [0.5, 0.6) is 5.75 Å². The minimum absolute atomic E-state index is 0.440. The lowest BCUT2D eigenvalue weighted by Crippen LogP contribution is -2.41. The normalized spacial score (nSPS) is 24.8. The Morgan fingerprint density at radius 3 is 3.04 bits per heavy atom. The highest BCUT2D eigenvalue weighted by Crippen LogP contribution is 2.33. The van der Waals surface area contributed by atoms with Gasteiger partial charge in [-0.05, 0) is 31.4 Å². The van der Waals surface area contributed by atoms with Crippen molar-refractivity contribution in [2.75, 3.05) is 19.0 Å². The third-order valence-corrected chi connectivity index (χ3v) is 5.28. The number of hydrogen-bond donors (Lipinski definition) is 2. The van der Waals surface area contributed by atoms with Crippen LogP contribution in [0.25, 0.3) is 17.0 Å². The summed E-state index contributed by atoms with van der Waals surface area (Å²) in [6.07, 6.45) is 9.80. The van der Waals surface area contributed by atoms with Gasteiger partial charge in [-0.3, -0.25) is 9.38 Å². The first-order valence-corrected chi connectivity index (χ1v) is 8.63. The van der Waals surface area contributed by atoms with Crippen LogP contribution in [0.3, 0.4) is 0 Å². The maximum absolute atomic E-state index is 5.26. The van der Waals surface area contributed by atoms with Crippen molar-refractivity contribution in [3.05, 3.63) is 36.9 Å². The molecule has 0 radical (unpaired) electrons. The maximum atomic E-state index is 5.26. The Balaban J connectivity index is 1.44. The van der Waals surface area contributed by atoms with Crippen molar-refractivity contribution >= 4 is 11.5 Å². The number of rotatable bonds is 4. The number of pyridine rings is 1. The molecule has 3 atom stereocenters. The Bertz CT molecular complexity index is 923. The molecule has 128 valence electrons. The molecule has 0 unspecified atom stereocenters. The average molecular weight is 336 g/mol. The minimum Gasteiger partial charge on any atom is -0.497 e. The first-order chi connectivity index (χ1) is 12.3. The summed E-state index contributed by atoms with van der Waals surface area (Å²) >= 11 is 0. The number of nitrogens with one attached hydrogen (secondary N) is 2.